The molecule has 2 unspecified atom stereocenters. The van der Waals surface area contributed by atoms with Gasteiger partial charge in [0.2, 0.25) is 0 Å². The lowest BCUT2D eigenvalue weighted by Crippen LogP contribution is -2.40. The van der Waals surface area contributed by atoms with Crippen LogP contribution in [0, 0.1) is 11.8 Å². The van der Waals surface area contributed by atoms with Crippen LogP contribution in [0.4, 0.5) is 0 Å². The van der Waals surface area contributed by atoms with Crippen molar-refractivity contribution in [1.82, 2.24) is 10.2 Å². The number of nitrogens with zero attached hydrogens (tertiary/aromatic N) is 1. The van der Waals surface area contributed by atoms with Crippen molar-refractivity contribution in [2.75, 3.05) is 32.7 Å². The maximum Gasteiger partial charge on any atom is 0.00217 e. The van der Waals surface area contributed by atoms with Crippen molar-refractivity contribution in [3.63, 3.8) is 0 Å². The molecule has 2 nitrogen and oxygen atoms in total. The molecule has 1 aliphatic carbocycles. The third kappa shape index (κ3) is 4.44. The van der Waals surface area contributed by atoms with Crippen molar-refractivity contribution >= 4 is 0 Å². The van der Waals surface area contributed by atoms with Gasteiger partial charge in [0, 0.05) is 6.54 Å². The van der Waals surface area contributed by atoms with Crippen molar-refractivity contribution in [3.8, 4) is 0 Å². The molecule has 1 fully saturated rings. The molecule has 1 N–H and O–H groups in total. The lowest BCUT2D eigenvalue weighted by Gasteiger charge is -2.32. The summed E-state index contributed by atoms with van der Waals surface area (Å²) < 4.78 is 0. The Balaban J connectivity index is 1.59. The first kappa shape index (κ1) is 13.1. The molecule has 2 rings (SSSR count). The largest absolute Gasteiger partial charge is 0.316 e. The summed E-state index contributed by atoms with van der Waals surface area (Å²) in [5.74, 6) is 1.79. The lowest BCUT2D eigenvalue weighted by molar-refractivity contribution is 0.179. The SMILES string of the molecule is CCN1CCCC(CNCC2CC=CCC2)C1. The van der Waals surface area contributed by atoms with Crippen LogP contribution in [0.5, 0.6) is 0 Å². The first-order valence-electron chi connectivity index (χ1n) is 7.46. The fourth-order valence-corrected chi connectivity index (χ4v) is 3.14. The van der Waals surface area contributed by atoms with E-state index in [1.807, 2.05) is 0 Å². The number of allylic oxidation sites excluding steroid dienone is 2. The smallest absolute Gasteiger partial charge is 0.00217 e. The molecular weight excluding hydrogens is 208 g/mol. The minimum absolute atomic E-state index is 0.892. The van der Waals surface area contributed by atoms with E-state index in [2.05, 4.69) is 29.3 Å². The van der Waals surface area contributed by atoms with Gasteiger partial charge in [0.05, 0.1) is 0 Å². The quantitative estimate of drug-likeness (QED) is 0.738. The molecule has 98 valence electrons. The molecule has 0 spiro atoms. The van der Waals surface area contributed by atoms with Crippen molar-refractivity contribution in [3.05, 3.63) is 12.2 Å². The fraction of sp³-hybridized carbons (Fsp3) is 0.867. The molecule has 1 saturated heterocycles. The molecule has 0 aromatic carbocycles. The summed E-state index contributed by atoms with van der Waals surface area (Å²) >= 11 is 0. The van der Waals surface area contributed by atoms with E-state index in [0.717, 1.165) is 11.8 Å². The van der Waals surface area contributed by atoms with Crippen LogP contribution in [0.3, 0.4) is 0 Å². The monoisotopic (exact) mass is 236 g/mol. The molecule has 17 heavy (non-hydrogen) atoms. The molecule has 2 aliphatic rings. The first-order valence-corrected chi connectivity index (χ1v) is 7.46. The zero-order chi connectivity index (χ0) is 11.9. The number of rotatable bonds is 5. The molecule has 0 bridgehead atoms. The van der Waals surface area contributed by atoms with Crippen LogP contribution in [0.1, 0.15) is 39.0 Å². The standard InChI is InChI=1S/C15H28N2/c1-2-17-10-6-9-15(13-17)12-16-11-14-7-4-3-5-8-14/h3-4,14-16H,2,5-13H2,1H3. The van der Waals surface area contributed by atoms with Gasteiger partial charge in [-0.3, -0.25) is 0 Å². The topological polar surface area (TPSA) is 15.3 Å². The second-order valence-corrected chi connectivity index (χ2v) is 5.71. The fourth-order valence-electron chi connectivity index (χ4n) is 3.14. The normalized spacial score (nSPS) is 30.6. The third-order valence-corrected chi connectivity index (χ3v) is 4.29. The van der Waals surface area contributed by atoms with Gasteiger partial charge in [-0.25, -0.2) is 0 Å². The summed E-state index contributed by atoms with van der Waals surface area (Å²) in [4.78, 5) is 2.60. The number of piperidine rings is 1. The first-order chi connectivity index (χ1) is 8.38. The van der Waals surface area contributed by atoms with E-state index in [0.29, 0.717) is 0 Å². The van der Waals surface area contributed by atoms with Gasteiger partial charge in [0.15, 0.2) is 0 Å². The Bertz CT molecular complexity index is 237. The molecule has 1 heterocycles. The van der Waals surface area contributed by atoms with Crippen LogP contribution in [0.15, 0.2) is 12.2 Å². The average Bonchev–Trinajstić information content (AvgIpc) is 2.40. The Morgan fingerprint density at radius 1 is 1.18 bits per heavy atom. The third-order valence-electron chi connectivity index (χ3n) is 4.29. The summed E-state index contributed by atoms with van der Waals surface area (Å²) in [6.07, 6.45) is 11.5. The number of nitrogens with one attached hydrogen (secondary N) is 1. The minimum atomic E-state index is 0.892. The van der Waals surface area contributed by atoms with Gasteiger partial charge in [0.1, 0.15) is 0 Å². The highest BCUT2D eigenvalue weighted by molar-refractivity contribution is 4.90. The number of hydrogen-bond acceptors (Lipinski definition) is 2. The lowest BCUT2D eigenvalue weighted by atomic mass is 9.93. The van der Waals surface area contributed by atoms with Crippen LogP contribution < -0.4 is 5.32 Å². The molecule has 0 radical (unpaired) electrons. The zero-order valence-corrected chi connectivity index (χ0v) is 11.3. The second-order valence-electron chi connectivity index (χ2n) is 5.71. The van der Waals surface area contributed by atoms with Gasteiger partial charge in [-0.2, -0.15) is 0 Å². The molecule has 2 heteroatoms. The maximum atomic E-state index is 3.71. The van der Waals surface area contributed by atoms with E-state index in [1.54, 1.807) is 0 Å². The van der Waals surface area contributed by atoms with Crippen molar-refractivity contribution in [2.24, 2.45) is 11.8 Å². The van der Waals surface area contributed by atoms with E-state index in [4.69, 9.17) is 0 Å². The van der Waals surface area contributed by atoms with Gasteiger partial charge in [-0.1, -0.05) is 19.1 Å². The Labute approximate surface area is 106 Å². The Hall–Kier alpha value is -0.340. The second kappa shape index (κ2) is 7.17. The van der Waals surface area contributed by atoms with Crippen molar-refractivity contribution < 1.29 is 0 Å². The van der Waals surface area contributed by atoms with Crippen LogP contribution in [0.2, 0.25) is 0 Å². The van der Waals surface area contributed by atoms with Gasteiger partial charge in [0.25, 0.3) is 0 Å². The van der Waals surface area contributed by atoms with Crippen LogP contribution in [0.25, 0.3) is 0 Å². The number of hydrogen-bond donors (Lipinski definition) is 1. The summed E-state index contributed by atoms with van der Waals surface area (Å²) in [5.41, 5.74) is 0. The summed E-state index contributed by atoms with van der Waals surface area (Å²) in [5, 5.41) is 3.71. The van der Waals surface area contributed by atoms with E-state index < -0.39 is 0 Å². The molecule has 1 aliphatic heterocycles. The van der Waals surface area contributed by atoms with Crippen LogP contribution in [-0.4, -0.2) is 37.6 Å². The molecule has 0 amide bonds. The van der Waals surface area contributed by atoms with E-state index in [1.165, 1.54) is 64.8 Å². The van der Waals surface area contributed by atoms with Gasteiger partial charge in [-0.15, -0.1) is 0 Å². The Kier molecular flexibility index (Phi) is 5.53. The highest BCUT2D eigenvalue weighted by Crippen LogP contribution is 2.18. The molecule has 0 aromatic rings. The predicted octanol–water partition coefficient (Wildman–Crippen LogP) is 2.66. The summed E-state index contributed by atoms with van der Waals surface area (Å²) in [7, 11) is 0. The van der Waals surface area contributed by atoms with E-state index in [-0.39, 0.29) is 0 Å². The molecule has 0 aromatic heterocycles. The highest BCUT2D eigenvalue weighted by Gasteiger charge is 2.18. The molecule has 0 saturated carbocycles. The molecular formula is C15H28N2. The maximum absolute atomic E-state index is 3.71. The molecule has 2 atom stereocenters. The summed E-state index contributed by atoms with van der Waals surface area (Å²) in [6.45, 7) is 8.60. The van der Waals surface area contributed by atoms with Gasteiger partial charge >= 0.3 is 0 Å². The number of likely N-dealkylation sites (tertiary alicyclic amines) is 1. The van der Waals surface area contributed by atoms with E-state index in [9.17, 15) is 0 Å². The Morgan fingerprint density at radius 3 is 2.82 bits per heavy atom. The summed E-state index contributed by atoms with van der Waals surface area (Å²) in [6, 6.07) is 0. The zero-order valence-electron chi connectivity index (χ0n) is 11.3. The Morgan fingerprint density at radius 2 is 2.06 bits per heavy atom. The van der Waals surface area contributed by atoms with Crippen molar-refractivity contribution in [1.29, 1.82) is 0 Å². The van der Waals surface area contributed by atoms with Gasteiger partial charge in [-0.05, 0) is 70.1 Å². The highest BCUT2D eigenvalue weighted by atomic mass is 15.1. The van der Waals surface area contributed by atoms with Crippen molar-refractivity contribution in [2.45, 2.75) is 39.0 Å². The van der Waals surface area contributed by atoms with Gasteiger partial charge < -0.3 is 10.2 Å². The van der Waals surface area contributed by atoms with Crippen LogP contribution >= 0.6 is 0 Å². The average molecular weight is 236 g/mol. The predicted molar refractivity (Wildman–Crippen MR) is 74.2 cm³/mol. The van der Waals surface area contributed by atoms with Crippen LogP contribution in [-0.2, 0) is 0 Å². The van der Waals surface area contributed by atoms with E-state index >= 15 is 0 Å². The minimum Gasteiger partial charge on any atom is -0.316 e.